The number of nitrogens with one attached hydrogen (secondary N) is 1. The van der Waals surface area contributed by atoms with Gasteiger partial charge < -0.3 is 10.1 Å². The van der Waals surface area contributed by atoms with Gasteiger partial charge in [0.25, 0.3) is 0 Å². The Morgan fingerprint density at radius 2 is 2.20 bits per heavy atom. The minimum atomic E-state index is 0.433. The van der Waals surface area contributed by atoms with Gasteiger partial charge in [-0.25, -0.2) is 0 Å². The number of hydrogen-bond donors (Lipinski definition) is 1. The second-order valence-corrected chi connectivity index (χ2v) is 3.07. The number of fused-ring (bicyclic) bond motifs is 1. The van der Waals surface area contributed by atoms with Gasteiger partial charge in [0.1, 0.15) is 6.61 Å². The van der Waals surface area contributed by atoms with Gasteiger partial charge >= 0.3 is 0 Å². The van der Waals surface area contributed by atoms with Gasteiger partial charge in [-0.1, -0.05) is 12.8 Å². The summed E-state index contributed by atoms with van der Waals surface area (Å²) in [6.07, 6.45) is 5.61. The normalized spacial score (nSPS) is 40.8. The average molecular weight is 139 g/mol. The van der Waals surface area contributed by atoms with E-state index in [2.05, 4.69) is 11.9 Å². The molecule has 0 spiro atoms. The Bertz CT molecular complexity index is 89.8. The largest absolute Gasteiger partial charge is 0.362 e. The summed E-state index contributed by atoms with van der Waals surface area (Å²) in [6, 6.07) is 0.620. The molecule has 2 fully saturated rings. The third-order valence-corrected chi connectivity index (χ3v) is 2.37. The van der Waals surface area contributed by atoms with E-state index in [-0.39, 0.29) is 0 Å². The number of ether oxygens (including phenoxy) is 1. The third kappa shape index (κ3) is 1.18. The second kappa shape index (κ2) is 2.89. The molecule has 56 valence electrons. The molecule has 10 heavy (non-hydrogen) atoms. The van der Waals surface area contributed by atoms with Crippen molar-refractivity contribution in [3.63, 3.8) is 0 Å². The molecule has 1 saturated carbocycles. The number of hydrogen-bond acceptors (Lipinski definition) is 2. The first-order valence-electron chi connectivity index (χ1n) is 4.09. The Hall–Kier alpha value is -0.0800. The standard InChI is InChI=1S/C8H13NO/c1-2-4-8-7(3-1)9-5-6-10-8/h7-9H,1-5H2. The Kier molecular flexibility index (Phi) is 1.91. The molecular formula is C8H13NO. The molecule has 1 aliphatic heterocycles. The first-order chi connectivity index (χ1) is 4.97. The van der Waals surface area contributed by atoms with E-state index >= 15 is 0 Å². The molecule has 0 aromatic heterocycles. The topological polar surface area (TPSA) is 21.3 Å². The minimum Gasteiger partial charge on any atom is -0.362 e. The van der Waals surface area contributed by atoms with E-state index in [1.54, 1.807) is 0 Å². The van der Waals surface area contributed by atoms with Crippen molar-refractivity contribution in [2.75, 3.05) is 6.54 Å². The molecule has 2 heteroatoms. The zero-order chi connectivity index (χ0) is 6.81. The highest BCUT2D eigenvalue weighted by atomic mass is 16.5. The van der Waals surface area contributed by atoms with Gasteiger partial charge in [0.2, 0.25) is 0 Å². The van der Waals surface area contributed by atoms with Crippen molar-refractivity contribution in [1.82, 2.24) is 5.32 Å². The van der Waals surface area contributed by atoms with Crippen LogP contribution in [0, 0.1) is 6.61 Å². The molecule has 0 bridgehead atoms. The van der Waals surface area contributed by atoms with E-state index < -0.39 is 0 Å². The summed E-state index contributed by atoms with van der Waals surface area (Å²) < 4.78 is 5.37. The molecule has 2 unspecified atom stereocenters. The summed E-state index contributed by atoms with van der Waals surface area (Å²) in [5.41, 5.74) is 0. The van der Waals surface area contributed by atoms with E-state index in [0.717, 1.165) is 6.54 Å². The molecule has 2 radical (unpaired) electrons. The van der Waals surface area contributed by atoms with Gasteiger partial charge in [-0.05, 0) is 12.8 Å². The van der Waals surface area contributed by atoms with Crippen LogP contribution in [0.3, 0.4) is 0 Å². The zero-order valence-electron chi connectivity index (χ0n) is 6.10. The van der Waals surface area contributed by atoms with Gasteiger partial charge in [-0.2, -0.15) is 0 Å². The van der Waals surface area contributed by atoms with Crippen molar-refractivity contribution in [3.05, 3.63) is 6.61 Å². The van der Waals surface area contributed by atoms with E-state index in [1.807, 2.05) is 0 Å². The SMILES string of the molecule is [C]1CNC2CCCCC2O1. The van der Waals surface area contributed by atoms with E-state index in [9.17, 15) is 0 Å². The molecule has 0 aromatic carbocycles. The van der Waals surface area contributed by atoms with Crippen molar-refractivity contribution in [2.24, 2.45) is 0 Å². The quantitative estimate of drug-likeness (QED) is 0.539. The highest BCUT2D eigenvalue weighted by Gasteiger charge is 2.28. The second-order valence-electron chi connectivity index (χ2n) is 3.07. The van der Waals surface area contributed by atoms with Crippen LogP contribution in [0.4, 0.5) is 0 Å². The van der Waals surface area contributed by atoms with Crippen LogP contribution in [0.2, 0.25) is 0 Å². The van der Waals surface area contributed by atoms with Gasteiger partial charge in [0, 0.05) is 12.6 Å². The fraction of sp³-hybridized carbons (Fsp3) is 0.875. The van der Waals surface area contributed by atoms with Crippen LogP contribution in [0.15, 0.2) is 0 Å². The Labute approximate surface area is 61.9 Å². The lowest BCUT2D eigenvalue weighted by atomic mass is 9.92. The molecule has 2 rings (SSSR count). The number of rotatable bonds is 0. The van der Waals surface area contributed by atoms with Crippen LogP contribution in [0.25, 0.3) is 0 Å². The Morgan fingerprint density at radius 1 is 1.30 bits per heavy atom. The van der Waals surface area contributed by atoms with Crippen molar-refractivity contribution in [3.8, 4) is 0 Å². The predicted octanol–water partition coefficient (Wildman–Crippen LogP) is 0.956. The summed E-state index contributed by atoms with van der Waals surface area (Å²) in [7, 11) is 0. The smallest absolute Gasteiger partial charge is 0.147 e. The van der Waals surface area contributed by atoms with Crippen LogP contribution in [0.1, 0.15) is 25.7 Å². The summed E-state index contributed by atoms with van der Waals surface area (Å²) in [6.45, 7) is 3.68. The maximum absolute atomic E-state index is 5.37. The van der Waals surface area contributed by atoms with Crippen LogP contribution < -0.4 is 5.32 Å². The van der Waals surface area contributed by atoms with Crippen molar-refractivity contribution >= 4 is 0 Å². The van der Waals surface area contributed by atoms with Gasteiger partial charge in [0.05, 0.1) is 6.10 Å². The lowest BCUT2D eigenvalue weighted by Gasteiger charge is -2.35. The van der Waals surface area contributed by atoms with Crippen molar-refractivity contribution < 1.29 is 4.74 Å². The Balaban J connectivity index is 1.93. The summed E-state index contributed by atoms with van der Waals surface area (Å²) in [5.74, 6) is 0. The van der Waals surface area contributed by atoms with Crippen LogP contribution in [-0.2, 0) is 4.74 Å². The lowest BCUT2D eigenvalue weighted by Crippen LogP contribution is -2.48. The summed E-state index contributed by atoms with van der Waals surface area (Å²) >= 11 is 0. The fourth-order valence-electron chi connectivity index (χ4n) is 1.79. The molecule has 0 amide bonds. The monoisotopic (exact) mass is 139 g/mol. The molecular weight excluding hydrogens is 126 g/mol. The first-order valence-corrected chi connectivity index (χ1v) is 4.09. The van der Waals surface area contributed by atoms with Crippen LogP contribution in [-0.4, -0.2) is 18.7 Å². The lowest BCUT2D eigenvalue weighted by molar-refractivity contribution is 0.0154. The molecule has 2 atom stereocenters. The van der Waals surface area contributed by atoms with Crippen LogP contribution in [0.5, 0.6) is 0 Å². The zero-order valence-corrected chi connectivity index (χ0v) is 6.10. The van der Waals surface area contributed by atoms with Gasteiger partial charge in [-0.15, -0.1) is 0 Å². The van der Waals surface area contributed by atoms with Crippen molar-refractivity contribution in [2.45, 2.75) is 37.8 Å². The van der Waals surface area contributed by atoms with Gasteiger partial charge in [0.15, 0.2) is 0 Å². The molecule has 1 saturated heterocycles. The third-order valence-electron chi connectivity index (χ3n) is 2.37. The predicted molar refractivity (Wildman–Crippen MR) is 38.4 cm³/mol. The van der Waals surface area contributed by atoms with Crippen LogP contribution >= 0.6 is 0 Å². The van der Waals surface area contributed by atoms with E-state index in [4.69, 9.17) is 4.74 Å². The molecule has 1 aliphatic carbocycles. The highest BCUT2D eigenvalue weighted by molar-refractivity contribution is 4.86. The average Bonchev–Trinajstić information content (AvgIpc) is 2.05. The fourth-order valence-corrected chi connectivity index (χ4v) is 1.79. The van der Waals surface area contributed by atoms with E-state index in [1.165, 1.54) is 25.7 Å². The molecule has 0 aromatic rings. The molecule has 2 nitrogen and oxygen atoms in total. The van der Waals surface area contributed by atoms with Crippen molar-refractivity contribution in [1.29, 1.82) is 0 Å². The molecule has 2 aliphatic rings. The maximum Gasteiger partial charge on any atom is 0.147 e. The first kappa shape index (κ1) is 6.62. The van der Waals surface area contributed by atoms with E-state index in [0.29, 0.717) is 12.1 Å². The highest BCUT2D eigenvalue weighted by Crippen LogP contribution is 2.23. The van der Waals surface area contributed by atoms with Gasteiger partial charge in [-0.3, -0.25) is 0 Å². The summed E-state index contributed by atoms with van der Waals surface area (Å²) in [5, 5.41) is 3.38. The molecule has 1 heterocycles. The molecule has 1 N–H and O–H groups in total. The minimum absolute atomic E-state index is 0.433. The Morgan fingerprint density at radius 3 is 3.10 bits per heavy atom. The number of morpholine rings is 1. The summed E-state index contributed by atoms with van der Waals surface area (Å²) in [4.78, 5) is 0. The maximum atomic E-state index is 5.37.